The lowest BCUT2D eigenvalue weighted by atomic mass is 9.75. The van der Waals surface area contributed by atoms with Crippen molar-refractivity contribution < 1.29 is 0 Å². The minimum absolute atomic E-state index is 0.350. The lowest BCUT2D eigenvalue weighted by molar-refractivity contribution is 0.232. The Labute approximate surface area is 114 Å². The molecular weight excluding hydrogens is 242 g/mol. The van der Waals surface area contributed by atoms with Gasteiger partial charge in [-0.25, -0.2) is 4.98 Å². The lowest BCUT2D eigenvalue weighted by Gasteiger charge is -2.34. The first-order chi connectivity index (χ1) is 8.46. The van der Waals surface area contributed by atoms with Crippen LogP contribution in [0.25, 0.3) is 0 Å². The van der Waals surface area contributed by atoms with Crippen LogP contribution < -0.4 is 11.1 Å². The molecule has 98 valence electrons. The van der Waals surface area contributed by atoms with Crippen LogP contribution in [0.3, 0.4) is 0 Å². The quantitative estimate of drug-likeness (QED) is 0.823. The molecule has 1 aliphatic rings. The molecule has 0 amide bonds. The van der Waals surface area contributed by atoms with Crippen LogP contribution in [0.4, 0.5) is 5.82 Å². The number of pyridine rings is 1. The van der Waals surface area contributed by atoms with E-state index in [9.17, 15) is 0 Å². The number of aromatic nitrogens is 1. The highest BCUT2D eigenvalue weighted by molar-refractivity contribution is 7.80. The number of nitrogens with one attached hydrogen (secondary N) is 1. The summed E-state index contributed by atoms with van der Waals surface area (Å²) in [6.07, 6.45) is 4.93. The predicted molar refractivity (Wildman–Crippen MR) is 79.8 cm³/mol. The molecule has 1 aromatic rings. The van der Waals surface area contributed by atoms with Crippen LogP contribution in [0.15, 0.2) is 18.2 Å². The van der Waals surface area contributed by atoms with E-state index in [1.807, 2.05) is 18.2 Å². The lowest BCUT2D eigenvalue weighted by Crippen LogP contribution is -2.30. The first-order valence-corrected chi connectivity index (χ1v) is 6.90. The van der Waals surface area contributed by atoms with E-state index < -0.39 is 0 Å². The first-order valence-electron chi connectivity index (χ1n) is 6.50. The van der Waals surface area contributed by atoms with Crippen LogP contribution in [0, 0.1) is 5.41 Å². The van der Waals surface area contributed by atoms with Gasteiger partial charge in [0.2, 0.25) is 0 Å². The Balaban J connectivity index is 1.98. The van der Waals surface area contributed by atoms with Gasteiger partial charge in [-0.3, -0.25) is 0 Å². The second-order valence-corrected chi connectivity index (χ2v) is 6.29. The Hall–Kier alpha value is -1.16. The molecule has 0 spiro atoms. The molecule has 0 bridgehead atoms. The predicted octanol–water partition coefficient (Wildman–Crippen LogP) is 3.10. The van der Waals surface area contributed by atoms with E-state index in [4.69, 9.17) is 18.0 Å². The first kappa shape index (κ1) is 13.3. The minimum atomic E-state index is 0.350. The third-order valence-electron chi connectivity index (χ3n) is 3.69. The maximum Gasteiger partial charge on any atom is 0.126 e. The fraction of sp³-hybridized carbons (Fsp3) is 0.571. The summed E-state index contributed by atoms with van der Waals surface area (Å²) < 4.78 is 0. The van der Waals surface area contributed by atoms with E-state index in [0.717, 1.165) is 5.82 Å². The molecule has 18 heavy (non-hydrogen) atoms. The zero-order chi connectivity index (χ0) is 13.2. The Morgan fingerprint density at radius 3 is 2.67 bits per heavy atom. The average molecular weight is 263 g/mol. The van der Waals surface area contributed by atoms with Crippen LogP contribution in [-0.2, 0) is 0 Å². The van der Waals surface area contributed by atoms with E-state index in [0.29, 0.717) is 22.1 Å². The van der Waals surface area contributed by atoms with Gasteiger partial charge >= 0.3 is 0 Å². The van der Waals surface area contributed by atoms with Gasteiger partial charge in [-0.05, 0) is 43.2 Å². The van der Waals surface area contributed by atoms with Crippen molar-refractivity contribution in [1.29, 1.82) is 0 Å². The summed E-state index contributed by atoms with van der Waals surface area (Å²) in [5.74, 6) is 0.880. The van der Waals surface area contributed by atoms with Crippen molar-refractivity contribution in [3.63, 3.8) is 0 Å². The molecule has 2 rings (SSSR count). The molecule has 1 heterocycles. The van der Waals surface area contributed by atoms with Gasteiger partial charge in [-0.1, -0.05) is 32.1 Å². The normalized spacial score (nSPS) is 19.4. The summed E-state index contributed by atoms with van der Waals surface area (Å²) in [4.78, 5) is 4.78. The van der Waals surface area contributed by atoms with Crippen molar-refractivity contribution in [3.05, 3.63) is 23.9 Å². The number of thiocarbonyl (C=S) groups is 1. The highest BCUT2D eigenvalue weighted by Crippen LogP contribution is 2.35. The fourth-order valence-corrected chi connectivity index (χ4v) is 2.52. The number of rotatable bonds is 3. The van der Waals surface area contributed by atoms with Gasteiger partial charge in [0.1, 0.15) is 10.8 Å². The molecule has 0 saturated heterocycles. The second kappa shape index (κ2) is 5.22. The van der Waals surface area contributed by atoms with Crippen molar-refractivity contribution in [1.82, 2.24) is 4.98 Å². The van der Waals surface area contributed by atoms with E-state index in [1.165, 1.54) is 25.7 Å². The Morgan fingerprint density at radius 2 is 2.06 bits per heavy atom. The monoisotopic (exact) mass is 263 g/mol. The van der Waals surface area contributed by atoms with Gasteiger partial charge < -0.3 is 11.1 Å². The van der Waals surface area contributed by atoms with Crippen molar-refractivity contribution in [2.24, 2.45) is 11.1 Å². The largest absolute Gasteiger partial charge is 0.388 e. The minimum Gasteiger partial charge on any atom is -0.388 e. The number of anilines is 1. The van der Waals surface area contributed by atoms with Crippen LogP contribution in [0.5, 0.6) is 0 Å². The fourth-order valence-electron chi connectivity index (χ4n) is 2.41. The number of nitrogens with two attached hydrogens (primary N) is 1. The molecular formula is C14H21N3S. The third kappa shape index (κ3) is 3.42. The van der Waals surface area contributed by atoms with Crippen molar-refractivity contribution in [2.75, 3.05) is 5.32 Å². The number of hydrogen-bond acceptors (Lipinski definition) is 3. The summed E-state index contributed by atoms with van der Waals surface area (Å²) in [6.45, 7) is 4.68. The highest BCUT2D eigenvalue weighted by Gasteiger charge is 2.26. The van der Waals surface area contributed by atoms with E-state index in [2.05, 4.69) is 24.1 Å². The molecule has 0 unspecified atom stereocenters. The molecule has 4 heteroatoms. The van der Waals surface area contributed by atoms with Crippen LogP contribution in [0.2, 0.25) is 0 Å². The van der Waals surface area contributed by atoms with Crippen molar-refractivity contribution in [2.45, 2.75) is 45.6 Å². The molecule has 0 radical (unpaired) electrons. The van der Waals surface area contributed by atoms with Crippen LogP contribution in [0.1, 0.15) is 45.2 Å². The van der Waals surface area contributed by atoms with Crippen molar-refractivity contribution in [3.8, 4) is 0 Å². The highest BCUT2D eigenvalue weighted by atomic mass is 32.1. The maximum atomic E-state index is 5.59. The SMILES string of the molecule is CC1(C)CCC(Nc2cccc(C(N)=S)n2)CC1. The van der Waals surface area contributed by atoms with Crippen molar-refractivity contribution >= 4 is 23.0 Å². The average Bonchev–Trinajstić information content (AvgIpc) is 2.32. The molecule has 1 fully saturated rings. The second-order valence-electron chi connectivity index (χ2n) is 5.86. The van der Waals surface area contributed by atoms with Gasteiger partial charge in [0.25, 0.3) is 0 Å². The topological polar surface area (TPSA) is 50.9 Å². The summed E-state index contributed by atoms with van der Waals surface area (Å²) in [6, 6.07) is 6.28. The summed E-state index contributed by atoms with van der Waals surface area (Å²) in [5.41, 5.74) is 6.77. The van der Waals surface area contributed by atoms with Crippen LogP contribution in [-0.4, -0.2) is 16.0 Å². The summed E-state index contributed by atoms with van der Waals surface area (Å²) in [5, 5.41) is 3.49. The molecule has 0 aromatic carbocycles. The Bertz CT molecular complexity index is 432. The van der Waals surface area contributed by atoms with E-state index in [-0.39, 0.29) is 0 Å². The van der Waals surface area contributed by atoms with Crippen LogP contribution >= 0.6 is 12.2 Å². The Kier molecular flexibility index (Phi) is 3.85. The Morgan fingerprint density at radius 1 is 1.39 bits per heavy atom. The van der Waals surface area contributed by atoms with Gasteiger partial charge in [0.05, 0.1) is 5.69 Å². The van der Waals surface area contributed by atoms with E-state index >= 15 is 0 Å². The molecule has 3 N–H and O–H groups in total. The van der Waals surface area contributed by atoms with Gasteiger partial charge in [-0.2, -0.15) is 0 Å². The van der Waals surface area contributed by atoms with E-state index in [1.54, 1.807) is 0 Å². The zero-order valence-electron chi connectivity index (χ0n) is 11.1. The molecule has 1 saturated carbocycles. The zero-order valence-corrected chi connectivity index (χ0v) is 11.9. The molecule has 1 aliphatic carbocycles. The standard InChI is InChI=1S/C14H21N3S/c1-14(2)8-6-10(7-9-14)16-12-5-3-4-11(17-12)13(15)18/h3-5,10H,6-9H2,1-2H3,(H2,15,18)(H,16,17). The van der Waals surface area contributed by atoms with Gasteiger partial charge in [0.15, 0.2) is 0 Å². The molecule has 0 aliphatic heterocycles. The smallest absolute Gasteiger partial charge is 0.126 e. The molecule has 1 aromatic heterocycles. The van der Waals surface area contributed by atoms with Gasteiger partial charge in [-0.15, -0.1) is 0 Å². The molecule has 3 nitrogen and oxygen atoms in total. The summed E-state index contributed by atoms with van der Waals surface area (Å²) in [7, 11) is 0. The molecule has 0 atom stereocenters. The number of nitrogens with zero attached hydrogens (tertiary/aromatic N) is 1. The van der Waals surface area contributed by atoms with Gasteiger partial charge in [0, 0.05) is 6.04 Å². The summed E-state index contributed by atoms with van der Waals surface area (Å²) >= 11 is 4.94. The maximum absolute atomic E-state index is 5.59. The number of hydrogen-bond donors (Lipinski definition) is 2. The third-order valence-corrected chi connectivity index (χ3v) is 3.90.